The van der Waals surface area contributed by atoms with E-state index in [1.165, 1.54) is 7.11 Å². The molecule has 0 spiro atoms. The molecule has 1 atom stereocenters. The molecule has 23 heavy (non-hydrogen) atoms. The van der Waals surface area contributed by atoms with E-state index in [0.717, 1.165) is 25.9 Å². The Morgan fingerprint density at radius 2 is 1.96 bits per heavy atom. The molecule has 1 aromatic rings. The number of carbonyl (C=O) groups is 2. The van der Waals surface area contributed by atoms with Gasteiger partial charge in [0.2, 0.25) is 0 Å². The maximum absolute atomic E-state index is 12.4. The molecule has 2 rings (SSSR count). The second kappa shape index (κ2) is 7.81. The minimum atomic E-state index is -0.797. The van der Waals surface area contributed by atoms with Gasteiger partial charge in [0.05, 0.1) is 12.7 Å². The molecule has 6 heteroatoms. The normalized spacial score (nSPS) is 16.8. The van der Waals surface area contributed by atoms with Crippen LogP contribution >= 0.6 is 15.9 Å². The zero-order chi connectivity index (χ0) is 17.0. The highest BCUT2D eigenvalue weighted by atomic mass is 79.9. The Balaban J connectivity index is 2.00. The van der Waals surface area contributed by atoms with Crippen LogP contribution in [-0.2, 0) is 9.53 Å². The second-order valence-electron chi connectivity index (χ2n) is 5.90. The molecule has 0 saturated carbocycles. The van der Waals surface area contributed by atoms with Gasteiger partial charge in [-0.25, -0.2) is 4.79 Å². The summed E-state index contributed by atoms with van der Waals surface area (Å²) in [7, 11) is 1.53. The number of rotatable bonds is 4. The molecule has 1 fully saturated rings. The van der Waals surface area contributed by atoms with E-state index >= 15 is 0 Å². The van der Waals surface area contributed by atoms with Crippen LogP contribution in [0.1, 0.15) is 37.0 Å². The number of esters is 1. The fourth-order valence-corrected chi connectivity index (χ4v) is 2.96. The summed E-state index contributed by atoms with van der Waals surface area (Å²) in [6.07, 6.45) is 1.19. The van der Waals surface area contributed by atoms with Crippen molar-refractivity contribution in [3.05, 3.63) is 28.2 Å². The van der Waals surface area contributed by atoms with Crippen LogP contribution in [0.25, 0.3) is 0 Å². The molecule has 0 bridgehead atoms. The molecular formula is C17H22BrNO4. The minimum Gasteiger partial charge on any atom is -0.497 e. The molecule has 1 amide bonds. The van der Waals surface area contributed by atoms with E-state index in [9.17, 15) is 9.59 Å². The highest BCUT2D eigenvalue weighted by Crippen LogP contribution is 2.24. The zero-order valence-corrected chi connectivity index (χ0v) is 15.3. The van der Waals surface area contributed by atoms with Crippen molar-refractivity contribution in [2.24, 2.45) is 5.92 Å². The largest absolute Gasteiger partial charge is 0.497 e. The number of hydrogen-bond donors (Lipinski definition) is 0. The standard InChI is InChI=1S/C17H22BrNO4/c1-11-6-8-19(9-7-11)16(20)12(2)23-17(21)14-10-13(22-3)4-5-15(14)18/h4-5,10-12H,6-9H2,1-3H3/t12-/m0/s1. The van der Waals surface area contributed by atoms with Crippen LogP contribution in [-0.4, -0.2) is 43.1 Å². The lowest BCUT2D eigenvalue weighted by molar-refractivity contribution is -0.141. The van der Waals surface area contributed by atoms with Crippen molar-refractivity contribution < 1.29 is 19.1 Å². The van der Waals surface area contributed by atoms with Crippen LogP contribution in [0.4, 0.5) is 0 Å². The third-order valence-corrected chi connectivity index (χ3v) is 4.81. The van der Waals surface area contributed by atoms with Crippen molar-refractivity contribution in [1.82, 2.24) is 4.90 Å². The summed E-state index contributed by atoms with van der Waals surface area (Å²) in [4.78, 5) is 26.5. The fraction of sp³-hybridized carbons (Fsp3) is 0.529. The molecule has 0 unspecified atom stereocenters. The second-order valence-corrected chi connectivity index (χ2v) is 6.76. The minimum absolute atomic E-state index is 0.135. The van der Waals surface area contributed by atoms with E-state index in [4.69, 9.17) is 9.47 Å². The lowest BCUT2D eigenvalue weighted by Gasteiger charge is -2.31. The zero-order valence-electron chi connectivity index (χ0n) is 13.7. The van der Waals surface area contributed by atoms with Crippen LogP contribution in [0.5, 0.6) is 5.75 Å². The fourth-order valence-electron chi connectivity index (χ4n) is 2.55. The first kappa shape index (κ1) is 17.8. The molecule has 0 aliphatic carbocycles. The van der Waals surface area contributed by atoms with Crippen LogP contribution in [0.15, 0.2) is 22.7 Å². The number of ether oxygens (including phenoxy) is 2. The number of carbonyl (C=O) groups excluding carboxylic acids is 2. The number of likely N-dealkylation sites (tertiary alicyclic amines) is 1. The van der Waals surface area contributed by atoms with Crippen molar-refractivity contribution in [2.75, 3.05) is 20.2 Å². The summed E-state index contributed by atoms with van der Waals surface area (Å²) in [6, 6.07) is 5.05. The third kappa shape index (κ3) is 4.47. The average molecular weight is 384 g/mol. The Labute approximate surface area is 145 Å². The summed E-state index contributed by atoms with van der Waals surface area (Å²) in [5.74, 6) is 0.528. The van der Waals surface area contributed by atoms with E-state index in [1.54, 1.807) is 30.0 Å². The van der Waals surface area contributed by atoms with E-state index < -0.39 is 12.1 Å². The molecule has 5 nitrogen and oxygen atoms in total. The van der Waals surface area contributed by atoms with Gasteiger partial charge < -0.3 is 14.4 Å². The van der Waals surface area contributed by atoms with Crippen LogP contribution < -0.4 is 4.74 Å². The summed E-state index contributed by atoms with van der Waals surface area (Å²) >= 11 is 3.32. The highest BCUT2D eigenvalue weighted by Gasteiger charge is 2.27. The summed E-state index contributed by atoms with van der Waals surface area (Å²) in [5, 5.41) is 0. The first-order valence-electron chi connectivity index (χ1n) is 7.75. The van der Waals surface area contributed by atoms with Gasteiger partial charge in [0.25, 0.3) is 5.91 Å². The van der Waals surface area contributed by atoms with E-state index in [2.05, 4.69) is 22.9 Å². The van der Waals surface area contributed by atoms with Gasteiger partial charge in [-0.2, -0.15) is 0 Å². The van der Waals surface area contributed by atoms with Crippen LogP contribution in [0.2, 0.25) is 0 Å². The lowest BCUT2D eigenvalue weighted by Crippen LogP contribution is -2.44. The van der Waals surface area contributed by atoms with Crippen LogP contribution in [0, 0.1) is 5.92 Å². The number of benzene rings is 1. The van der Waals surface area contributed by atoms with Crippen LogP contribution in [0.3, 0.4) is 0 Å². The Bertz CT molecular complexity index is 582. The summed E-state index contributed by atoms with van der Waals surface area (Å²) in [5.41, 5.74) is 0.344. The van der Waals surface area contributed by atoms with Gasteiger partial charge in [-0.1, -0.05) is 6.92 Å². The first-order valence-corrected chi connectivity index (χ1v) is 8.55. The highest BCUT2D eigenvalue weighted by molar-refractivity contribution is 9.10. The van der Waals surface area contributed by atoms with Gasteiger partial charge >= 0.3 is 5.97 Å². The number of hydrogen-bond acceptors (Lipinski definition) is 4. The van der Waals surface area contributed by atoms with Crippen molar-refractivity contribution in [2.45, 2.75) is 32.8 Å². The van der Waals surface area contributed by atoms with Crippen molar-refractivity contribution in [3.8, 4) is 5.75 Å². The third-order valence-electron chi connectivity index (χ3n) is 4.12. The molecule has 1 aliphatic heterocycles. The van der Waals surface area contributed by atoms with Gasteiger partial charge in [0.1, 0.15) is 5.75 Å². The molecule has 0 N–H and O–H groups in total. The number of amides is 1. The molecule has 1 aromatic carbocycles. The maximum Gasteiger partial charge on any atom is 0.340 e. The van der Waals surface area contributed by atoms with Gasteiger partial charge in [0, 0.05) is 17.6 Å². The SMILES string of the molecule is COc1ccc(Br)c(C(=O)O[C@@H](C)C(=O)N2CCC(C)CC2)c1. The topological polar surface area (TPSA) is 55.8 Å². The average Bonchev–Trinajstić information content (AvgIpc) is 2.55. The van der Waals surface area contributed by atoms with Crippen molar-refractivity contribution in [1.29, 1.82) is 0 Å². The quantitative estimate of drug-likeness (QED) is 0.748. The Hall–Kier alpha value is -1.56. The molecule has 0 aromatic heterocycles. The Kier molecular flexibility index (Phi) is 6.04. The van der Waals surface area contributed by atoms with Crippen molar-refractivity contribution in [3.63, 3.8) is 0 Å². The predicted octanol–water partition coefficient (Wildman–Crippen LogP) is 3.26. The van der Waals surface area contributed by atoms with E-state index in [1.807, 2.05) is 0 Å². The van der Waals surface area contributed by atoms with Crippen molar-refractivity contribution >= 4 is 27.8 Å². The predicted molar refractivity (Wildman–Crippen MR) is 90.5 cm³/mol. The van der Waals surface area contributed by atoms with E-state index in [0.29, 0.717) is 21.7 Å². The van der Waals surface area contributed by atoms with Gasteiger partial charge in [-0.15, -0.1) is 0 Å². The summed E-state index contributed by atoms with van der Waals surface area (Å²) < 4.78 is 11.1. The maximum atomic E-state index is 12.4. The first-order chi connectivity index (χ1) is 10.9. The Morgan fingerprint density at radius 3 is 2.57 bits per heavy atom. The number of halogens is 1. The Morgan fingerprint density at radius 1 is 1.30 bits per heavy atom. The number of nitrogens with zero attached hydrogens (tertiary/aromatic N) is 1. The number of piperidine rings is 1. The molecule has 1 aliphatic rings. The van der Waals surface area contributed by atoms with Gasteiger partial charge in [-0.3, -0.25) is 4.79 Å². The molecule has 126 valence electrons. The monoisotopic (exact) mass is 383 g/mol. The number of methoxy groups -OCH3 is 1. The molecular weight excluding hydrogens is 362 g/mol. The van der Waals surface area contributed by atoms with E-state index in [-0.39, 0.29) is 5.91 Å². The summed E-state index contributed by atoms with van der Waals surface area (Å²) in [6.45, 7) is 5.26. The molecule has 1 saturated heterocycles. The van der Waals surface area contributed by atoms with Gasteiger partial charge in [-0.05, 0) is 59.8 Å². The molecule has 0 radical (unpaired) electrons. The molecule has 1 heterocycles. The lowest BCUT2D eigenvalue weighted by atomic mass is 9.99. The van der Waals surface area contributed by atoms with Gasteiger partial charge in [0.15, 0.2) is 6.10 Å². The smallest absolute Gasteiger partial charge is 0.340 e.